The number of aromatic nitrogens is 2. The Morgan fingerprint density at radius 1 is 1.43 bits per heavy atom. The second-order valence-corrected chi connectivity index (χ2v) is 5.76. The van der Waals surface area contributed by atoms with Crippen LogP contribution >= 0.6 is 23.4 Å². The highest BCUT2D eigenvalue weighted by Crippen LogP contribution is 2.29. The number of carbonyl (C=O) groups is 2. The lowest BCUT2D eigenvalue weighted by molar-refractivity contribution is -0.133. The van der Waals surface area contributed by atoms with E-state index in [1.165, 1.54) is 0 Å². The average molecular weight is 328 g/mol. The predicted octanol–water partition coefficient (Wildman–Crippen LogP) is 2.13. The molecule has 2 rings (SSSR count). The molecule has 0 unspecified atom stereocenters. The van der Waals surface area contributed by atoms with Gasteiger partial charge in [-0.25, -0.2) is 4.98 Å². The third-order valence-electron chi connectivity index (χ3n) is 2.81. The van der Waals surface area contributed by atoms with Crippen LogP contribution in [0, 0.1) is 0 Å². The summed E-state index contributed by atoms with van der Waals surface area (Å²) in [6.07, 6.45) is 0.805. The molecule has 6 nitrogen and oxygen atoms in total. The molecule has 0 fully saturated rings. The van der Waals surface area contributed by atoms with Gasteiger partial charge in [0.15, 0.2) is 5.16 Å². The van der Waals surface area contributed by atoms with Crippen LogP contribution in [0.2, 0.25) is 5.02 Å². The summed E-state index contributed by atoms with van der Waals surface area (Å²) in [5, 5.41) is 9.92. The topological polar surface area (TPSA) is 98.2 Å². The summed E-state index contributed by atoms with van der Waals surface area (Å²) < 4.78 is 1.84. The molecule has 0 aliphatic rings. The van der Waals surface area contributed by atoms with E-state index >= 15 is 0 Å². The third-order valence-corrected chi connectivity index (χ3v) is 4.08. The van der Waals surface area contributed by atoms with E-state index in [2.05, 4.69) is 4.98 Å². The Balaban J connectivity index is 2.33. The molecule has 1 aromatic carbocycles. The number of nitrogens with zero attached hydrogens (tertiary/aromatic N) is 2. The smallest absolute Gasteiger partial charge is 0.313 e. The molecule has 1 heterocycles. The van der Waals surface area contributed by atoms with Gasteiger partial charge in [0.1, 0.15) is 0 Å². The molecule has 1 aromatic heterocycles. The standard InChI is InChI=1S/C13H14ClN3O3S/c14-8-3-1-4-9-12(8)17(6-2-5-10(15)18)13(16-9)21-7-11(19)20/h1,3-4H,2,5-7H2,(H2,15,18)(H,19,20). The summed E-state index contributed by atoms with van der Waals surface area (Å²) in [7, 11) is 0. The van der Waals surface area contributed by atoms with Crippen LogP contribution in [0.15, 0.2) is 23.4 Å². The van der Waals surface area contributed by atoms with Gasteiger partial charge >= 0.3 is 5.97 Å². The Bertz CT molecular complexity index is 687. The van der Waals surface area contributed by atoms with Gasteiger partial charge in [-0.3, -0.25) is 9.59 Å². The Morgan fingerprint density at radius 2 is 2.19 bits per heavy atom. The zero-order valence-electron chi connectivity index (χ0n) is 11.1. The molecule has 0 bridgehead atoms. The fourth-order valence-corrected chi connectivity index (χ4v) is 3.00. The van der Waals surface area contributed by atoms with Gasteiger partial charge in [-0.1, -0.05) is 29.4 Å². The maximum Gasteiger partial charge on any atom is 0.313 e. The zero-order chi connectivity index (χ0) is 15.4. The number of hydrogen-bond donors (Lipinski definition) is 2. The normalized spacial score (nSPS) is 10.9. The average Bonchev–Trinajstić information content (AvgIpc) is 2.75. The lowest BCUT2D eigenvalue weighted by atomic mass is 10.3. The van der Waals surface area contributed by atoms with E-state index < -0.39 is 5.97 Å². The number of nitrogens with two attached hydrogens (primary N) is 1. The first-order chi connectivity index (χ1) is 9.99. The number of thioether (sulfide) groups is 1. The molecule has 0 aliphatic heterocycles. The minimum absolute atomic E-state index is 0.0865. The van der Waals surface area contributed by atoms with Gasteiger partial charge in [-0.2, -0.15) is 0 Å². The van der Waals surface area contributed by atoms with E-state index in [9.17, 15) is 9.59 Å². The van der Waals surface area contributed by atoms with Crippen LogP contribution in [-0.4, -0.2) is 32.3 Å². The quantitative estimate of drug-likeness (QED) is 0.759. The van der Waals surface area contributed by atoms with Gasteiger partial charge in [0, 0.05) is 13.0 Å². The maximum absolute atomic E-state index is 10.8. The first-order valence-electron chi connectivity index (χ1n) is 6.26. The molecular formula is C13H14ClN3O3S. The van der Waals surface area contributed by atoms with E-state index in [4.69, 9.17) is 22.4 Å². The zero-order valence-corrected chi connectivity index (χ0v) is 12.7. The van der Waals surface area contributed by atoms with Crippen LogP contribution in [0.1, 0.15) is 12.8 Å². The number of aryl methyl sites for hydroxylation is 1. The Kier molecular flexibility index (Phi) is 5.08. The van der Waals surface area contributed by atoms with Gasteiger partial charge in [-0.05, 0) is 18.6 Å². The second kappa shape index (κ2) is 6.82. The van der Waals surface area contributed by atoms with Crippen molar-refractivity contribution in [2.24, 2.45) is 5.73 Å². The van der Waals surface area contributed by atoms with Crippen molar-refractivity contribution < 1.29 is 14.7 Å². The summed E-state index contributed by atoms with van der Waals surface area (Å²) in [6.45, 7) is 0.505. The Labute approximate surface area is 130 Å². The van der Waals surface area contributed by atoms with E-state index in [0.29, 0.717) is 28.7 Å². The van der Waals surface area contributed by atoms with Crippen molar-refractivity contribution in [2.45, 2.75) is 24.5 Å². The summed E-state index contributed by atoms with van der Waals surface area (Å²) in [5.41, 5.74) is 6.59. The number of carbonyl (C=O) groups excluding carboxylic acids is 1. The number of fused-ring (bicyclic) bond motifs is 1. The lowest BCUT2D eigenvalue weighted by Crippen LogP contribution is -2.12. The van der Waals surface area contributed by atoms with Crippen molar-refractivity contribution in [1.29, 1.82) is 0 Å². The van der Waals surface area contributed by atoms with Crippen LogP contribution in [0.3, 0.4) is 0 Å². The molecule has 0 saturated heterocycles. The number of aliphatic carboxylic acids is 1. The molecule has 0 atom stereocenters. The molecule has 2 aromatic rings. The third kappa shape index (κ3) is 3.89. The Morgan fingerprint density at radius 3 is 2.86 bits per heavy atom. The number of imidazole rings is 1. The van der Waals surface area contributed by atoms with Crippen molar-refractivity contribution in [2.75, 3.05) is 5.75 Å². The first kappa shape index (κ1) is 15.7. The molecule has 21 heavy (non-hydrogen) atoms. The Hall–Kier alpha value is -1.73. The van der Waals surface area contributed by atoms with Crippen molar-refractivity contribution in [3.05, 3.63) is 23.2 Å². The molecule has 0 aliphatic carbocycles. The minimum atomic E-state index is -0.915. The maximum atomic E-state index is 10.8. The van der Waals surface area contributed by atoms with E-state index in [1.807, 2.05) is 10.6 Å². The van der Waals surface area contributed by atoms with E-state index in [-0.39, 0.29) is 18.1 Å². The fourth-order valence-electron chi connectivity index (χ4n) is 1.98. The monoisotopic (exact) mass is 327 g/mol. The number of benzene rings is 1. The SMILES string of the molecule is NC(=O)CCCn1c(SCC(=O)O)nc2cccc(Cl)c21. The van der Waals surface area contributed by atoms with Gasteiger partial charge in [0.25, 0.3) is 0 Å². The second-order valence-electron chi connectivity index (χ2n) is 4.41. The summed E-state index contributed by atoms with van der Waals surface area (Å²) in [4.78, 5) is 26.0. The summed E-state index contributed by atoms with van der Waals surface area (Å²) in [5.74, 6) is -1.37. The summed E-state index contributed by atoms with van der Waals surface area (Å²) in [6, 6.07) is 5.36. The molecule has 3 N–H and O–H groups in total. The van der Waals surface area contributed by atoms with Crippen LogP contribution in [-0.2, 0) is 16.1 Å². The van der Waals surface area contributed by atoms with Crippen molar-refractivity contribution in [1.82, 2.24) is 9.55 Å². The number of halogens is 1. The summed E-state index contributed by atoms with van der Waals surface area (Å²) >= 11 is 7.33. The van der Waals surface area contributed by atoms with Crippen LogP contribution < -0.4 is 5.73 Å². The number of rotatable bonds is 7. The molecule has 0 spiro atoms. The van der Waals surface area contributed by atoms with Crippen LogP contribution in [0.25, 0.3) is 11.0 Å². The van der Waals surface area contributed by atoms with E-state index in [1.54, 1.807) is 12.1 Å². The number of carboxylic acids is 1. The van der Waals surface area contributed by atoms with Crippen molar-refractivity contribution in [3.8, 4) is 0 Å². The van der Waals surface area contributed by atoms with Crippen molar-refractivity contribution >= 4 is 46.3 Å². The number of hydrogen-bond acceptors (Lipinski definition) is 4. The van der Waals surface area contributed by atoms with E-state index in [0.717, 1.165) is 17.3 Å². The highest BCUT2D eigenvalue weighted by molar-refractivity contribution is 7.99. The molecule has 8 heteroatoms. The first-order valence-corrected chi connectivity index (χ1v) is 7.63. The van der Waals surface area contributed by atoms with Gasteiger partial charge in [0.05, 0.1) is 21.8 Å². The van der Waals surface area contributed by atoms with Gasteiger partial charge < -0.3 is 15.4 Å². The molecular weight excluding hydrogens is 314 g/mol. The number of amides is 1. The van der Waals surface area contributed by atoms with Crippen LogP contribution in [0.4, 0.5) is 0 Å². The highest BCUT2D eigenvalue weighted by Gasteiger charge is 2.15. The minimum Gasteiger partial charge on any atom is -0.481 e. The molecule has 0 radical (unpaired) electrons. The molecule has 1 amide bonds. The van der Waals surface area contributed by atoms with Crippen LogP contribution in [0.5, 0.6) is 0 Å². The van der Waals surface area contributed by atoms with Gasteiger partial charge in [0.2, 0.25) is 5.91 Å². The number of primary amides is 1. The molecule has 0 saturated carbocycles. The molecule has 112 valence electrons. The van der Waals surface area contributed by atoms with Crippen molar-refractivity contribution in [3.63, 3.8) is 0 Å². The largest absolute Gasteiger partial charge is 0.481 e. The highest BCUT2D eigenvalue weighted by atomic mass is 35.5. The number of para-hydroxylation sites is 1. The fraction of sp³-hybridized carbons (Fsp3) is 0.308. The lowest BCUT2D eigenvalue weighted by Gasteiger charge is -2.08. The number of carboxylic acid groups (broad SMARTS) is 1. The van der Waals surface area contributed by atoms with Gasteiger partial charge in [-0.15, -0.1) is 0 Å². The predicted molar refractivity (Wildman–Crippen MR) is 81.5 cm³/mol.